The van der Waals surface area contributed by atoms with E-state index in [0.29, 0.717) is 13.2 Å². The van der Waals surface area contributed by atoms with Gasteiger partial charge in [0, 0.05) is 37.6 Å². The highest BCUT2D eigenvalue weighted by Crippen LogP contribution is 2.23. The van der Waals surface area contributed by atoms with Crippen molar-refractivity contribution in [1.29, 1.82) is 0 Å². The Morgan fingerprint density at radius 3 is 2.65 bits per heavy atom. The molecule has 1 rings (SSSR count). The number of aromatic nitrogens is 1. The van der Waals surface area contributed by atoms with Crippen LogP contribution in [0.2, 0.25) is 0 Å². The zero-order valence-corrected chi connectivity index (χ0v) is 13.0. The summed E-state index contributed by atoms with van der Waals surface area (Å²) in [6.07, 6.45) is 2.84. The topological polar surface area (TPSA) is 52.6 Å². The zero-order valence-electron chi connectivity index (χ0n) is 13.0. The molecule has 0 atom stereocenters. The number of methoxy groups -OCH3 is 2. The Hall–Kier alpha value is -1.17. The summed E-state index contributed by atoms with van der Waals surface area (Å²) in [6, 6.07) is 0. The van der Waals surface area contributed by atoms with Gasteiger partial charge in [0.2, 0.25) is 0 Å². The summed E-state index contributed by atoms with van der Waals surface area (Å²) in [4.78, 5) is 4.45. The summed E-state index contributed by atoms with van der Waals surface area (Å²) < 4.78 is 15.7. The van der Waals surface area contributed by atoms with E-state index in [-0.39, 0.29) is 0 Å². The van der Waals surface area contributed by atoms with E-state index < -0.39 is 0 Å². The van der Waals surface area contributed by atoms with E-state index in [0.717, 1.165) is 48.7 Å². The van der Waals surface area contributed by atoms with E-state index in [1.54, 1.807) is 14.2 Å². The van der Waals surface area contributed by atoms with E-state index in [9.17, 15) is 0 Å². The van der Waals surface area contributed by atoms with Crippen LogP contribution < -0.4 is 10.1 Å². The van der Waals surface area contributed by atoms with Crippen LogP contribution in [0.1, 0.15) is 23.2 Å². The van der Waals surface area contributed by atoms with Gasteiger partial charge in [-0.25, -0.2) is 0 Å². The van der Waals surface area contributed by atoms with Crippen molar-refractivity contribution in [2.75, 3.05) is 40.6 Å². The van der Waals surface area contributed by atoms with Crippen molar-refractivity contribution >= 4 is 0 Å². The fraction of sp³-hybridized carbons (Fsp3) is 0.667. The molecule has 20 heavy (non-hydrogen) atoms. The van der Waals surface area contributed by atoms with Crippen LogP contribution in [0.5, 0.6) is 5.75 Å². The molecule has 0 aliphatic heterocycles. The van der Waals surface area contributed by atoms with E-state index in [1.807, 2.05) is 20.0 Å². The minimum absolute atomic E-state index is 0.652. The Morgan fingerprint density at radius 2 is 1.95 bits per heavy atom. The Morgan fingerprint density at radius 1 is 1.15 bits per heavy atom. The predicted octanol–water partition coefficient (Wildman–Crippen LogP) is 1.85. The van der Waals surface area contributed by atoms with Crippen LogP contribution in [0.4, 0.5) is 0 Å². The van der Waals surface area contributed by atoms with Gasteiger partial charge in [0.15, 0.2) is 0 Å². The molecule has 114 valence electrons. The second kappa shape index (κ2) is 9.69. The maximum Gasteiger partial charge on any atom is 0.128 e. The largest absolute Gasteiger partial charge is 0.496 e. The second-order valence-electron chi connectivity index (χ2n) is 4.68. The first-order chi connectivity index (χ1) is 9.70. The maximum absolute atomic E-state index is 5.40. The molecule has 0 fully saturated rings. The number of hydrogen-bond acceptors (Lipinski definition) is 5. The smallest absolute Gasteiger partial charge is 0.128 e. The molecule has 5 heteroatoms. The van der Waals surface area contributed by atoms with Gasteiger partial charge in [0.25, 0.3) is 0 Å². The molecule has 0 saturated carbocycles. The molecular weight excluding hydrogens is 256 g/mol. The lowest BCUT2D eigenvalue weighted by Gasteiger charge is -2.12. The fourth-order valence-corrected chi connectivity index (χ4v) is 2.00. The molecule has 1 aromatic rings. The third-order valence-electron chi connectivity index (χ3n) is 3.12. The molecule has 0 bridgehead atoms. The Labute approximate surface area is 121 Å². The first kappa shape index (κ1) is 16.9. The Bertz CT molecular complexity index is 397. The van der Waals surface area contributed by atoms with Crippen molar-refractivity contribution in [2.24, 2.45) is 0 Å². The van der Waals surface area contributed by atoms with Crippen molar-refractivity contribution in [1.82, 2.24) is 10.3 Å². The molecule has 5 nitrogen and oxygen atoms in total. The Kier molecular flexibility index (Phi) is 8.18. The number of ether oxygens (including phenoxy) is 3. The van der Waals surface area contributed by atoms with Crippen molar-refractivity contribution in [3.63, 3.8) is 0 Å². The molecule has 0 aliphatic rings. The first-order valence-corrected chi connectivity index (χ1v) is 6.97. The van der Waals surface area contributed by atoms with E-state index in [2.05, 4.69) is 10.3 Å². The van der Waals surface area contributed by atoms with Gasteiger partial charge in [-0.2, -0.15) is 0 Å². The number of nitrogens with zero attached hydrogens (tertiary/aromatic N) is 1. The van der Waals surface area contributed by atoms with Gasteiger partial charge in [-0.05, 0) is 26.8 Å². The van der Waals surface area contributed by atoms with Crippen LogP contribution in [0, 0.1) is 13.8 Å². The number of rotatable bonds is 10. The molecule has 0 radical (unpaired) electrons. The van der Waals surface area contributed by atoms with E-state index in [4.69, 9.17) is 14.2 Å². The molecule has 1 N–H and O–H groups in total. The van der Waals surface area contributed by atoms with Gasteiger partial charge < -0.3 is 19.5 Å². The van der Waals surface area contributed by atoms with Crippen LogP contribution in [0.3, 0.4) is 0 Å². The monoisotopic (exact) mass is 282 g/mol. The van der Waals surface area contributed by atoms with Crippen molar-refractivity contribution in [3.8, 4) is 5.75 Å². The number of pyridine rings is 1. The standard InChI is InChI=1S/C15H26N2O3/c1-12-10-17-14(13(2)15(12)19-4)11-16-6-5-7-20-9-8-18-3/h10,16H,5-9,11H2,1-4H3. The van der Waals surface area contributed by atoms with Crippen LogP contribution in [0.25, 0.3) is 0 Å². The number of hydrogen-bond donors (Lipinski definition) is 1. The highest BCUT2D eigenvalue weighted by molar-refractivity contribution is 5.40. The summed E-state index contributed by atoms with van der Waals surface area (Å²) >= 11 is 0. The molecule has 1 aromatic heterocycles. The third kappa shape index (κ3) is 5.45. The van der Waals surface area contributed by atoms with E-state index in [1.165, 1.54) is 0 Å². The molecule has 0 unspecified atom stereocenters. The average Bonchev–Trinajstić information content (AvgIpc) is 2.44. The van der Waals surface area contributed by atoms with Crippen LogP contribution in [-0.2, 0) is 16.0 Å². The van der Waals surface area contributed by atoms with Gasteiger partial charge in [0.1, 0.15) is 5.75 Å². The molecular formula is C15H26N2O3. The summed E-state index contributed by atoms with van der Waals surface area (Å²) in [5.41, 5.74) is 3.21. The summed E-state index contributed by atoms with van der Waals surface area (Å²) in [5.74, 6) is 0.930. The normalized spacial score (nSPS) is 10.8. The van der Waals surface area contributed by atoms with Gasteiger partial charge in [-0.1, -0.05) is 0 Å². The Balaban J connectivity index is 2.25. The molecule has 1 heterocycles. The predicted molar refractivity (Wildman–Crippen MR) is 79.3 cm³/mol. The van der Waals surface area contributed by atoms with Gasteiger partial charge in [-0.15, -0.1) is 0 Å². The van der Waals surface area contributed by atoms with E-state index >= 15 is 0 Å². The lowest BCUT2D eigenvalue weighted by Crippen LogP contribution is -2.18. The second-order valence-corrected chi connectivity index (χ2v) is 4.68. The van der Waals surface area contributed by atoms with Crippen molar-refractivity contribution < 1.29 is 14.2 Å². The number of aryl methyl sites for hydroxylation is 1. The van der Waals surface area contributed by atoms with Crippen LogP contribution in [-0.4, -0.2) is 45.6 Å². The summed E-state index contributed by atoms with van der Waals surface area (Å²) in [5, 5.41) is 3.37. The SMILES string of the molecule is COCCOCCCNCc1ncc(C)c(OC)c1C. The molecule has 0 amide bonds. The van der Waals surface area contributed by atoms with Crippen LogP contribution >= 0.6 is 0 Å². The molecule has 0 spiro atoms. The average molecular weight is 282 g/mol. The van der Waals surface area contributed by atoms with Gasteiger partial charge >= 0.3 is 0 Å². The maximum atomic E-state index is 5.40. The highest BCUT2D eigenvalue weighted by atomic mass is 16.5. The minimum Gasteiger partial charge on any atom is -0.496 e. The minimum atomic E-state index is 0.652. The highest BCUT2D eigenvalue weighted by Gasteiger charge is 2.08. The summed E-state index contributed by atoms with van der Waals surface area (Å²) in [6.45, 7) is 7.77. The zero-order chi connectivity index (χ0) is 14.8. The summed E-state index contributed by atoms with van der Waals surface area (Å²) in [7, 11) is 3.37. The van der Waals surface area contributed by atoms with Gasteiger partial charge in [-0.3, -0.25) is 4.98 Å². The van der Waals surface area contributed by atoms with Crippen LogP contribution in [0.15, 0.2) is 6.20 Å². The number of nitrogens with one attached hydrogen (secondary N) is 1. The lowest BCUT2D eigenvalue weighted by molar-refractivity contribution is 0.0694. The molecule has 0 aliphatic carbocycles. The third-order valence-corrected chi connectivity index (χ3v) is 3.12. The van der Waals surface area contributed by atoms with Crippen molar-refractivity contribution in [3.05, 3.63) is 23.0 Å². The van der Waals surface area contributed by atoms with Crippen molar-refractivity contribution in [2.45, 2.75) is 26.8 Å². The fourth-order valence-electron chi connectivity index (χ4n) is 2.00. The van der Waals surface area contributed by atoms with Gasteiger partial charge in [0.05, 0.1) is 26.0 Å². The first-order valence-electron chi connectivity index (χ1n) is 6.97. The molecule has 0 aromatic carbocycles. The molecule has 0 saturated heterocycles. The quantitative estimate of drug-likeness (QED) is 0.664. The lowest BCUT2D eigenvalue weighted by atomic mass is 10.1.